The number of carbonyl (C=O) groups excluding carboxylic acids is 1. The van der Waals surface area contributed by atoms with Crippen molar-refractivity contribution in [2.75, 3.05) is 5.32 Å². The average Bonchev–Trinajstić information content (AvgIpc) is 2.84. The molecular weight excluding hydrogens is 307 g/mol. The third-order valence-corrected chi connectivity index (χ3v) is 2.84. The Morgan fingerprint density at radius 3 is 2.70 bits per heavy atom. The Bertz CT molecular complexity index is 658. The Morgan fingerprint density at radius 1 is 1.35 bits per heavy atom. The number of hydrogen-bond donors (Lipinski definition) is 2. The summed E-state index contributed by atoms with van der Waals surface area (Å²) in [5.41, 5.74) is -0.192. The van der Waals surface area contributed by atoms with Crippen molar-refractivity contribution in [1.29, 1.82) is 0 Å². The van der Waals surface area contributed by atoms with Crippen LogP contribution < -0.4 is 5.32 Å². The second-order valence-corrected chi connectivity index (χ2v) is 4.61. The molecule has 0 aliphatic carbocycles. The van der Waals surface area contributed by atoms with Gasteiger partial charge in [-0.3, -0.25) is 4.79 Å². The van der Waals surface area contributed by atoms with Crippen LogP contribution in [-0.4, -0.2) is 32.0 Å². The molecule has 7 nitrogen and oxygen atoms in total. The van der Waals surface area contributed by atoms with Crippen molar-refractivity contribution >= 4 is 40.8 Å². The van der Waals surface area contributed by atoms with Crippen molar-refractivity contribution in [3.8, 4) is 0 Å². The van der Waals surface area contributed by atoms with E-state index < -0.39 is 11.9 Å². The number of carboxylic acids is 1. The summed E-state index contributed by atoms with van der Waals surface area (Å²) in [5, 5.41) is 18.9. The van der Waals surface area contributed by atoms with Gasteiger partial charge in [-0.25, -0.2) is 9.48 Å². The highest BCUT2D eigenvalue weighted by atomic mass is 35.5. The quantitative estimate of drug-likeness (QED) is 0.898. The second-order valence-electron chi connectivity index (χ2n) is 3.76. The van der Waals surface area contributed by atoms with Crippen molar-refractivity contribution in [3.05, 3.63) is 40.1 Å². The molecule has 104 valence electrons. The van der Waals surface area contributed by atoms with E-state index in [4.69, 9.17) is 28.3 Å². The van der Waals surface area contributed by atoms with E-state index >= 15 is 0 Å². The SMILES string of the molecule is O=C(Cn1ccnn1)Nc1c(Cl)cc(Cl)cc1C(=O)O. The molecule has 0 atom stereocenters. The third-order valence-electron chi connectivity index (χ3n) is 2.33. The molecule has 0 saturated heterocycles. The smallest absolute Gasteiger partial charge is 0.337 e. The maximum Gasteiger partial charge on any atom is 0.337 e. The number of hydrogen-bond acceptors (Lipinski definition) is 4. The summed E-state index contributed by atoms with van der Waals surface area (Å²) in [6.07, 6.45) is 2.92. The number of amides is 1. The fourth-order valence-corrected chi connectivity index (χ4v) is 2.05. The standard InChI is InChI=1S/C11H8Cl2N4O3/c12-6-3-7(11(19)20)10(8(13)4-6)15-9(18)5-17-2-1-14-16-17/h1-4H,5H2,(H,15,18)(H,19,20). The maximum atomic E-state index is 11.8. The highest BCUT2D eigenvalue weighted by Crippen LogP contribution is 2.30. The zero-order valence-corrected chi connectivity index (χ0v) is 11.4. The Kier molecular flexibility index (Phi) is 4.21. The molecule has 20 heavy (non-hydrogen) atoms. The molecule has 0 saturated carbocycles. The summed E-state index contributed by atoms with van der Waals surface area (Å²) in [7, 11) is 0. The van der Waals surface area contributed by atoms with E-state index in [0.717, 1.165) is 0 Å². The lowest BCUT2D eigenvalue weighted by molar-refractivity contribution is -0.116. The number of anilines is 1. The van der Waals surface area contributed by atoms with Gasteiger partial charge in [-0.05, 0) is 12.1 Å². The van der Waals surface area contributed by atoms with Gasteiger partial charge in [0.2, 0.25) is 5.91 Å². The normalized spacial score (nSPS) is 10.3. The fraction of sp³-hybridized carbons (Fsp3) is 0.0909. The number of halogens is 2. The highest BCUT2D eigenvalue weighted by Gasteiger charge is 2.17. The molecule has 9 heteroatoms. The number of carboxylic acid groups (broad SMARTS) is 1. The largest absolute Gasteiger partial charge is 0.478 e. The van der Waals surface area contributed by atoms with Gasteiger partial charge in [-0.2, -0.15) is 0 Å². The zero-order chi connectivity index (χ0) is 14.7. The van der Waals surface area contributed by atoms with Gasteiger partial charge in [0.15, 0.2) is 0 Å². The van der Waals surface area contributed by atoms with Crippen molar-refractivity contribution in [3.63, 3.8) is 0 Å². The molecule has 1 amide bonds. The van der Waals surface area contributed by atoms with Crippen LogP contribution >= 0.6 is 23.2 Å². The molecule has 1 aromatic heterocycles. The topological polar surface area (TPSA) is 97.1 Å². The van der Waals surface area contributed by atoms with Crippen LogP contribution in [0.25, 0.3) is 0 Å². The first-order valence-corrected chi connectivity index (χ1v) is 6.09. The van der Waals surface area contributed by atoms with Crippen LogP contribution in [0, 0.1) is 0 Å². The molecule has 0 aliphatic heterocycles. The lowest BCUT2D eigenvalue weighted by atomic mass is 10.1. The molecule has 0 radical (unpaired) electrons. The molecule has 1 aromatic carbocycles. The molecule has 0 bridgehead atoms. The van der Waals surface area contributed by atoms with Crippen LogP contribution in [0.5, 0.6) is 0 Å². The summed E-state index contributed by atoms with van der Waals surface area (Å²) in [5.74, 6) is -1.73. The highest BCUT2D eigenvalue weighted by molar-refractivity contribution is 6.37. The van der Waals surface area contributed by atoms with Crippen molar-refractivity contribution < 1.29 is 14.7 Å². The Morgan fingerprint density at radius 2 is 2.10 bits per heavy atom. The summed E-state index contributed by atoms with van der Waals surface area (Å²) < 4.78 is 1.29. The van der Waals surface area contributed by atoms with E-state index in [9.17, 15) is 9.59 Å². The van der Waals surface area contributed by atoms with E-state index in [2.05, 4.69) is 15.6 Å². The second kappa shape index (κ2) is 5.89. The molecule has 0 spiro atoms. The number of benzene rings is 1. The van der Waals surface area contributed by atoms with E-state index in [1.54, 1.807) is 0 Å². The number of carbonyl (C=O) groups is 2. The number of aromatic nitrogens is 3. The minimum atomic E-state index is -1.24. The Balaban J connectivity index is 2.24. The third kappa shape index (κ3) is 3.25. The van der Waals surface area contributed by atoms with Gasteiger partial charge in [0.05, 0.1) is 22.5 Å². The van der Waals surface area contributed by atoms with Gasteiger partial charge in [-0.15, -0.1) is 5.10 Å². The Labute approximate surface area is 123 Å². The van der Waals surface area contributed by atoms with E-state index in [-0.39, 0.29) is 27.8 Å². The van der Waals surface area contributed by atoms with Crippen molar-refractivity contribution in [2.45, 2.75) is 6.54 Å². The lowest BCUT2D eigenvalue weighted by Crippen LogP contribution is -2.21. The van der Waals surface area contributed by atoms with Crippen LogP contribution in [0.3, 0.4) is 0 Å². The lowest BCUT2D eigenvalue weighted by Gasteiger charge is -2.11. The van der Waals surface area contributed by atoms with Gasteiger partial charge < -0.3 is 10.4 Å². The molecule has 1 heterocycles. The first-order valence-electron chi connectivity index (χ1n) is 5.33. The Hall–Kier alpha value is -2.12. The summed E-state index contributed by atoms with van der Waals surface area (Å²) in [6.45, 7) is -0.113. The van der Waals surface area contributed by atoms with Crippen LogP contribution in [0.1, 0.15) is 10.4 Å². The van der Waals surface area contributed by atoms with Gasteiger partial charge >= 0.3 is 5.97 Å². The first-order chi connectivity index (χ1) is 9.47. The van der Waals surface area contributed by atoms with Gasteiger partial charge in [0.25, 0.3) is 0 Å². The van der Waals surface area contributed by atoms with Crippen LogP contribution in [-0.2, 0) is 11.3 Å². The number of nitrogens with zero attached hydrogens (tertiary/aromatic N) is 3. The molecule has 0 unspecified atom stereocenters. The minimum absolute atomic E-state index is 0.00585. The number of rotatable bonds is 4. The average molecular weight is 315 g/mol. The molecular formula is C11H8Cl2N4O3. The van der Waals surface area contributed by atoms with Crippen molar-refractivity contribution in [1.82, 2.24) is 15.0 Å². The predicted octanol–water partition coefficient (Wildman–Crippen LogP) is 1.92. The first kappa shape index (κ1) is 14.3. The summed E-state index contributed by atoms with van der Waals surface area (Å²) in [6, 6.07) is 2.56. The molecule has 0 fully saturated rings. The monoisotopic (exact) mass is 314 g/mol. The molecule has 2 rings (SSSR count). The minimum Gasteiger partial charge on any atom is -0.478 e. The molecule has 2 N–H and O–H groups in total. The van der Waals surface area contributed by atoms with Crippen LogP contribution in [0.2, 0.25) is 10.0 Å². The van der Waals surface area contributed by atoms with Crippen LogP contribution in [0.15, 0.2) is 24.5 Å². The van der Waals surface area contributed by atoms with Gasteiger partial charge in [0.1, 0.15) is 6.54 Å². The molecule has 0 aliphatic rings. The number of aromatic carboxylic acids is 1. The summed E-state index contributed by atoms with van der Waals surface area (Å²) in [4.78, 5) is 22.9. The maximum absolute atomic E-state index is 11.8. The predicted molar refractivity (Wildman–Crippen MR) is 72.1 cm³/mol. The summed E-state index contributed by atoms with van der Waals surface area (Å²) >= 11 is 11.6. The number of nitrogens with one attached hydrogen (secondary N) is 1. The van der Waals surface area contributed by atoms with Gasteiger partial charge in [-0.1, -0.05) is 28.4 Å². The van der Waals surface area contributed by atoms with E-state index in [1.807, 2.05) is 0 Å². The van der Waals surface area contributed by atoms with Gasteiger partial charge in [0, 0.05) is 11.2 Å². The van der Waals surface area contributed by atoms with Crippen LogP contribution in [0.4, 0.5) is 5.69 Å². The van der Waals surface area contributed by atoms with Crippen molar-refractivity contribution in [2.24, 2.45) is 0 Å². The zero-order valence-electron chi connectivity index (χ0n) is 9.88. The van der Waals surface area contributed by atoms with E-state index in [1.165, 1.54) is 29.2 Å². The van der Waals surface area contributed by atoms with E-state index in [0.29, 0.717) is 0 Å². The fourth-order valence-electron chi connectivity index (χ4n) is 1.51. The molecule has 2 aromatic rings.